The Morgan fingerprint density at radius 1 is 1.24 bits per heavy atom. The molecule has 1 aliphatic rings. The van der Waals surface area contributed by atoms with E-state index in [-0.39, 0.29) is 16.6 Å². The van der Waals surface area contributed by atoms with Gasteiger partial charge < -0.3 is 4.74 Å². The van der Waals surface area contributed by atoms with Crippen LogP contribution in [0.2, 0.25) is 5.02 Å². The molecule has 0 aromatic heterocycles. The highest BCUT2D eigenvalue weighted by molar-refractivity contribution is 8.00. The van der Waals surface area contributed by atoms with Gasteiger partial charge in [0.25, 0.3) is 5.91 Å². The van der Waals surface area contributed by atoms with Gasteiger partial charge in [-0.1, -0.05) is 32.4 Å². The monoisotopic (exact) mass is 434 g/mol. The van der Waals surface area contributed by atoms with Crippen molar-refractivity contribution in [3.05, 3.63) is 52.2 Å². The Morgan fingerprint density at radius 2 is 1.93 bits per heavy atom. The highest BCUT2D eigenvalue weighted by Gasteiger charge is 2.23. The van der Waals surface area contributed by atoms with Crippen LogP contribution in [-0.4, -0.2) is 22.7 Å². The highest BCUT2D eigenvalue weighted by Crippen LogP contribution is 2.35. The molecule has 0 spiro atoms. The van der Waals surface area contributed by atoms with Gasteiger partial charge in [-0.25, -0.2) is 4.79 Å². The number of rotatable bonds is 5. The predicted octanol–water partition coefficient (Wildman–Crippen LogP) is 6.10. The minimum absolute atomic E-state index is 0.126. The standard InChI is InChI=1S/C22H27ClN2O3S/c1-21(2,3)16-12-17(23)14(7-8-19(26)28-22(4,5)6)11-15(16)13-29-18-9-10-24-25-20(18)27/h7-12,18H,13H2,1-6H3/b8-7+. The second-order valence-electron chi connectivity index (χ2n) is 8.77. The number of amides is 1. The van der Waals surface area contributed by atoms with Crippen LogP contribution in [0.3, 0.4) is 0 Å². The first kappa shape index (κ1) is 23.4. The first-order valence-electron chi connectivity index (χ1n) is 9.34. The number of carbonyl (C=O) groups is 2. The van der Waals surface area contributed by atoms with Crippen molar-refractivity contribution in [2.24, 2.45) is 10.2 Å². The summed E-state index contributed by atoms with van der Waals surface area (Å²) in [6.45, 7) is 11.8. The molecule has 0 bridgehead atoms. The molecule has 2 rings (SSSR count). The lowest BCUT2D eigenvalue weighted by molar-refractivity contribution is -0.148. The fourth-order valence-corrected chi connectivity index (χ4v) is 3.92. The maximum Gasteiger partial charge on any atom is 0.331 e. The average molecular weight is 435 g/mol. The van der Waals surface area contributed by atoms with Crippen molar-refractivity contribution >= 4 is 41.3 Å². The van der Waals surface area contributed by atoms with Crippen molar-refractivity contribution in [3.8, 4) is 0 Å². The van der Waals surface area contributed by atoms with Crippen LogP contribution in [-0.2, 0) is 25.5 Å². The normalized spacial score (nSPS) is 17.2. The lowest BCUT2D eigenvalue weighted by Crippen LogP contribution is -2.22. The maximum atomic E-state index is 12.0. The first-order chi connectivity index (χ1) is 13.4. The van der Waals surface area contributed by atoms with Crippen molar-refractivity contribution < 1.29 is 14.3 Å². The van der Waals surface area contributed by atoms with Crippen LogP contribution in [0.15, 0.2) is 40.7 Å². The Morgan fingerprint density at radius 3 is 2.52 bits per heavy atom. The van der Waals surface area contributed by atoms with Crippen LogP contribution in [0, 0.1) is 0 Å². The van der Waals surface area contributed by atoms with Crippen molar-refractivity contribution in [3.63, 3.8) is 0 Å². The van der Waals surface area contributed by atoms with Gasteiger partial charge in [0.1, 0.15) is 10.9 Å². The SMILES string of the molecule is CC(C)(C)OC(=O)/C=C/c1cc(CSC2C=CN=NC2=O)c(C(C)(C)C)cc1Cl. The van der Waals surface area contributed by atoms with E-state index >= 15 is 0 Å². The molecule has 1 unspecified atom stereocenters. The molecular weight excluding hydrogens is 408 g/mol. The van der Waals surface area contributed by atoms with Gasteiger partial charge in [0.05, 0.1) is 0 Å². The van der Waals surface area contributed by atoms with E-state index in [2.05, 4.69) is 31.0 Å². The third kappa shape index (κ3) is 7.12. The number of azo groups is 1. The van der Waals surface area contributed by atoms with Gasteiger partial charge in [-0.3, -0.25) is 4.79 Å². The lowest BCUT2D eigenvalue weighted by Gasteiger charge is -2.24. The van der Waals surface area contributed by atoms with Gasteiger partial charge in [-0.05, 0) is 67.2 Å². The summed E-state index contributed by atoms with van der Waals surface area (Å²) in [5, 5.41) is 7.43. The number of thioether (sulfide) groups is 1. The zero-order valence-electron chi connectivity index (χ0n) is 17.7. The van der Waals surface area contributed by atoms with Crippen LogP contribution in [0.25, 0.3) is 6.08 Å². The second kappa shape index (κ2) is 9.26. The second-order valence-corrected chi connectivity index (χ2v) is 10.3. The zero-order chi connectivity index (χ0) is 21.8. The molecule has 1 aliphatic heterocycles. The smallest absolute Gasteiger partial charge is 0.331 e. The average Bonchev–Trinajstić information content (AvgIpc) is 2.58. The van der Waals surface area contributed by atoms with E-state index in [1.807, 2.05) is 32.9 Å². The van der Waals surface area contributed by atoms with Gasteiger partial charge in [0, 0.05) is 23.1 Å². The maximum absolute atomic E-state index is 12.0. The molecule has 1 amide bonds. The van der Waals surface area contributed by atoms with Crippen LogP contribution in [0.1, 0.15) is 58.2 Å². The van der Waals surface area contributed by atoms with Gasteiger partial charge in [-0.15, -0.1) is 16.9 Å². The summed E-state index contributed by atoms with van der Waals surface area (Å²) in [6.07, 6.45) is 6.33. The summed E-state index contributed by atoms with van der Waals surface area (Å²) in [7, 11) is 0. The number of esters is 1. The molecule has 0 saturated heterocycles. The zero-order valence-corrected chi connectivity index (χ0v) is 19.2. The number of ether oxygens (including phenoxy) is 1. The Kier molecular flexibility index (Phi) is 7.46. The molecule has 5 nitrogen and oxygen atoms in total. The third-order valence-electron chi connectivity index (χ3n) is 3.98. The predicted molar refractivity (Wildman–Crippen MR) is 119 cm³/mol. The number of halogens is 1. The Bertz CT molecular complexity index is 877. The third-order valence-corrected chi connectivity index (χ3v) is 5.50. The highest BCUT2D eigenvalue weighted by atomic mass is 35.5. The fourth-order valence-electron chi connectivity index (χ4n) is 2.73. The molecular formula is C22H27ClN2O3S. The number of carbonyl (C=O) groups excluding carboxylic acids is 2. The molecule has 0 N–H and O–H groups in total. The van der Waals surface area contributed by atoms with Crippen molar-refractivity contribution in [2.45, 2.75) is 63.6 Å². The topological polar surface area (TPSA) is 68.1 Å². The number of nitrogens with zero attached hydrogens (tertiary/aromatic N) is 2. The summed E-state index contributed by atoms with van der Waals surface area (Å²) in [5.74, 6) is -0.0747. The summed E-state index contributed by atoms with van der Waals surface area (Å²) in [6, 6.07) is 3.90. The van der Waals surface area contributed by atoms with Crippen molar-refractivity contribution in [1.29, 1.82) is 0 Å². The number of hydrogen-bond donors (Lipinski definition) is 0. The lowest BCUT2D eigenvalue weighted by atomic mass is 9.83. The van der Waals surface area contributed by atoms with E-state index in [0.29, 0.717) is 10.8 Å². The Hall–Kier alpha value is -1.92. The molecule has 7 heteroatoms. The molecule has 1 aromatic carbocycles. The van der Waals surface area contributed by atoms with Gasteiger partial charge in [-0.2, -0.15) is 5.11 Å². The van der Waals surface area contributed by atoms with E-state index in [1.54, 1.807) is 18.4 Å². The van der Waals surface area contributed by atoms with Crippen molar-refractivity contribution in [2.75, 3.05) is 0 Å². The Balaban J connectivity index is 2.29. The molecule has 0 aliphatic carbocycles. The minimum atomic E-state index is -0.555. The van der Waals surface area contributed by atoms with Gasteiger partial charge in [0.15, 0.2) is 0 Å². The molecule has 1 atom stereocenters. The van der Waals surface area contributed by atoms with Gasteiger partial charge in [0.2, 0.25) is 0 Å². The minimum Gasteiger partial charge on any atom is -0.457 e. The number of benzene rings is 1. The van der Waals surface area contributed by atoms with E-state index in [4.69, 9.17) is 16.3 Å². The fraction of sp³-hybridized carbons (Fsp3) is 0.455. The molecule has 0 radical (unpaired) electrons. The largest absolute Gasteiger partial charge is 0.457 e. The molecule has 1 heterocycles. The van der Waals surface area contributed by atoms with E-state index in [9.17, 15) is 9.59 Å². The molecule has 0 saturated carbocycles. The van der Waals surface area contributed by atoms with E-state index in [0.717, 1.165) is 16.7 Å². The Labute approximate surface area is 181 Å². The first-order valence-corrected chi connectivity index (χ1v) is 10.8. The summed E-state index contributed by atoms with van der Waals surface area (Å²) >= 11 is 7.98. The van der Waals surface area contributed by atoms with E-state index in [1.165, 1.54) is 17.8 Å². The molecule has 0 fully saturated rings. The van der Waals surface area contributed by atoms with Crippen LogP contribution in [0.4, 0.5) is 0 Å². The number of hydrogen-bond acceptors (Lipinski definition) is 5. The molecule has 29 heavy (non-hydrogen) atoms. The molecule has 156 valence electrons. The van der Waals surface area contributed by atoms with Crippen molar-refractivity contribution in [1.82, 2.24) is 0 Å². The van der Waals surface area contributed by atoms with Crippen LogP contribution < -0.4 is 0 Å². The summed E-state index contributed by atoms with van der Waals surface area (Å²) in [5.41, 5.74) is 2.20. The quantitative estimate of drug-likeness (QED) is 0.414. The van der Waals surface area contributed by atoms with Crippen LogP contribution in [0.5, 0.6) is 0 Å². The van der Waals surface area contributed by atoms with Crippen LogP contribution >= 0.6 is 23.4 Å². The van der Waals surface area contributed by atoms with E-state index < -0.39 is 11.6 Å². The molecule has 1 aromatic rings. The summed E-state index contributed by atoms with van der Waals surface area (Å²) in [4.78, 5) is 23.9. The summed E-state index contributed by atoms with van der Waals surface area (Å²) < 4.78 is 5.31. The van der Waals surface area contributed by atoms with Gasteiger partial charge >= 0.3 is 5.97 Å².